The van der Waals surface area contributed by atoms with Crippen LogP contribution in [0.25, 0.3) is 0 Å². The zero-order valence-corrected chi connectivity index (χ0v) is 11.2. The molecule has 0 fully saturated rings. The molecular formula is C8H8N4O5S2. The highest BCUT2D eigenvalue weighted by molar-refractivity contribution is 7.91. The number of rotatable bonds is 5. The van der Waals surface area contributed by atoms with Crippen LogP contribution in [0.3, 0.4) is 0 Å². The molecule has 2 aromatic rings. The summed E-state index contributed by atoms with van der Waals surface area (Å²) < 4.78 is 30.4. The highest BCUT2D eigenvalue weighted by Crippen LogP contribution is 2.19. The average molecular weight is 304 g/mol. The number of nitrogens with zero attached hydrogens (tertiary/aromatic N) is 3. The van der Waals surface area contributed by atoms with E-state index in [4.69, 9.17) is 9.63 Å². The quantitative estimate of drug-likeness (QED) is 0.788. The molecule has 0 aliphatic carbocycles. The molecule has 0 bridgehead atoms. The van der Waals surface area contributed by atoms with Gasteiger partial charge in [0.1, 0.15) is 0 Å². The van der Waals surface area contributed by atoms with E-state index in [1.807, 2.05) is 0 Å². The van der Waals surface area contributed by atoms with Gasteiger partial charge >= 0.3 is 5.97 Å². The standard InChI is InChI=1S/C8H8N4O5S2/c1-4-11-5(17-12-4)2-10-19(15,16)8-6(7(13)14)9-3-18-8/h3,10H,2H2,1H3,(H,13,14). The lowest BCUT2D eigenvalue weighted by molar-refractivity contribution is 0.0687. The molecule has 0 unspecified atom stereocenters. The number of nitrogens with one attached hydrogen (secondary N) is 1. The number of aryl methyl sites for hydroxylation is 1. The molecule has 0 aliphatic heterocycles. The first-order valence-corrected chi connectivity index (χ1v) is 7.22. The summed E-state index contributed by atoms with van der Waals surface area (Å²) in [6.07, 6.45) is 0. The topological polar surface area (TPSA) is 135 Å². The number of thiazole rings is 1. The summed E-state index contributed by atoms with van der Waals surface area (Å²) in [4.78, 5) is 18.1. The second-order valence-electron chi connectivity index (χ2n) is 3.35. The van der Waals surface area contributed by atoms with Crippen molar-refractivity contribution in [3.63, 3.8) is 0 Å². The van der Waals surface area contributed by atoms with E-state index in [2.05, 4.69) is 19.8 Å². The highest BCUT2D eigenvalue weighted by atomic mass is 32.2. The van der Waals surface area contributed by atoms with Gasteiger partial charge in [0.2, 0.25) is 5.89 Å². The van der Waals surface area contributed by atoms with Crippen LogP contribution in [0.2, 0.25) is 0 Å². The normalized spacial score (nSPS) is 11.6. The molecule has 0 aromatic carbocycles. The van der Waals surface area contributed by atoms with Gasteiger partial charge in [-0.25, -0.2) is 22.9 Å². The first kappa shape index (κ1) is 13.6. The SMILES string of the molecule is Cc1noc(CNS(=O)(=O)c2scnc2C(=O)O)n1. The molecule has 0 spiro atoms. The Morgan fingerprint density at radius 3 is 2.89 bits per heavy atom. The van der Waals surface area contributed by atoms with Crippen LogP contribution in [0, 0.1) is 6.92 Å². The number of hydrogen-bond donors (Lipinski definition) is 2. The molecule has 11 heteroatoms. The van der Waals surface area contributed by atoms with Crippen LogP contribution in [0.4, 0.5) is 0 Å². The van der Waals surface area contributed by atoms with Crippen molar-refractivity contribution >= 4 is 27.3 Å². The lowest BCUT2D eigenvalue weighted by Gasteiger charge is -2.02. The second-order valence-corrected chi connectivity index (χ2v) is 6.17. The molecule has 0 atom stereocenters. The van der Waals surface area contributed by atoms with E-state index < -0.39 is 21.7 Å². The van der Waals surface area contributed by atoms with Gasteiger partial charge in [-0.05, 0) is 6.92 Å². The Kier molecular flexibility index (Phi) is 3.59. The maximum Gasteiger partial charge on any atom is 0.356 e. The number of aromatic nitrogens is 3. The van der Waals surface area contributed by atoms with Crippen LogP contribution in [0.15, 0.2) is 14.2 Å². The summed E-state index contributed by atoms with van der Waals surface area (Å²) in [5.74, 6) is -0.948. The fourth-order valence-corrected chi connectivity index (χ4v) is 3.36. The Morgan fingerprint density at radius 2 is 2.32 bits per heavy atom. The zero-order chi connectivity index (χ0) is 14.0. The predicted octanol–water partition coefficient (Wildman–Crippen LogP) is 0.0112. The van der Waals surface area contributed by atoms with Crippen molar-refractivity contribution in [3.05, 3.63) is 22.9 Å². The summed E-state index contributed by atoms with van der Waals surface area (Å²) in [6, 6.07) is 0. The second kappa shape index (κ2) is 5.03. The van der Waals surface area contributed by atoms with Gasteiger partial charge < -0.3 is 9.63 Å². The van der Waals surface area contributed by atoms with E-state index in [0.29, 0.717) is 17.2 Å². The molecule has 0 saturated heterocycles. The highest BCUT2D eigenvalue weighted by Gasteiger charge is 2.25. The van der Waals surface area contributed by atoms with Gasteiger partial charge in [-0.3, -0.25) is 0 Å². The van der Waals surface area contributed by atoms with Gasteiger partial charge in [0, 0.05) is 0 Å². The molecule has 0 saturated carbocycles. The summed E-state index contributed by atoms with van der Waals surface area (Å²) in [6.45, 7) is 1.37. The molecule has 0 amide bonds. The molecule has 0 aliphatic rings. The minimum Gasteiger partial charge on any atom is -0.476 e. The van der Waals surface area contributed by atoms with Crippen molar-refractivity contribution in [1.82, 2.24) is 19.8 Å². The Hall–Kier alpha value is -1.85. The molecule has 9 nitrogen and oxygen atoms in total. The van der Waals surface area contributed by atoms with Gasteiger partial charge in [0.15, 0.2) is 15.7 Å². The Balaban J connectivity index is 2.18. The molecule has 2 aromatic heterocycles. The van der Waals surface area contributed by atoms with Crippen LogP contribution in [0.1, 0.15) is 22.2 Å². The monoisotopic (exact) mass is 304 g/mol. The fraction of sp³-hybridized carbons (Fsp3) is 0.250. The van der Waals surface area contributed by atoms with Crippen LogP contribution in [-0.2, 0) is 16.6 Å². The molecule has 2 rings (SSSR count). The first-order valence-electron chi connectivity index (χ1n) is 4.86. The Labute approximate surface area is 111 Å². The predicted molar refractivity (Wildman–Crippen MR) is 62.1 cm³/mol. The van der Waals surface area contributed by atoms with Crippen molar-refractivity contribution < 1.29 is 22.8 Å². The third kappa shape index (κ3) is 2.94. The van der Waals surface area contributed by atoms with Crippen molar-refractivity contribution in [2.24, 2.45) is 0 Å². The van der Waals surface area contributed by atoms with E-state index in [1.54, 1.807) is 6.92 Å². The number of sulfonamides is 1. The van der Waals surface area contributed by atoms with Crippen LogP contribution < -0.4 is 4.72 Å². The molecule has 2 N–H and O–H groups in total. The van der Waals surface area contributed by atoms with E-state index in [1.165, 1.54) is 0 Å². The summed E-state index contributed by atoms with van der Waals surface area (Å²) >= 11 is 0.716. The zero-order valence-electron chi connectivity index (χ0n) is 9.52. The van der Waals surface area contributed by atoms with Gasteiger partial charge in [-0.1, -0.05) is 5.16 Å². The maximum absolute atomic E-state index is 11.9. The third-order valence-corrected chi connectivity index (χ3v) is 4.74. The average Bonchev–Trinajstić information content (AvgIpc) is 2.94. The van der Waals surface area contributed by atoms with Gasteiger partial charge in [-0.15, -0.1) is 11.3 Å². The minimum atomic E-state index is -3.98. The summed E-state index contributed by atoms with van der Waals surface area (Å²) in [5.41, 5.74) is 0.633. The molecule has 0 radical (unpaired) electrons. The summed E-state index contributed by atoms with van der Waals surface area (Å²) in [5, 5.41) is 12.3. The fourth-order valence-electron chi connectivity index (χ4n) is 1.20. The molecule has 102 valence electrons. The van der Waals surface area contributed by atoms with Gasteiger partial charge in [0.05, 0.1) is 12.1 Å². The maximum atomic E-state index is 11.9. The van der Waals surface area contributed by atoms with E-state index in [9.17, 15) is 13.2 Å². The number of carboxylic acid groups (broad SMARTS) is 1. The van der Waals surface area contributed by atoms with Crippen molar-refractivity contribution in [2.45, 2.75) is 17.7 Å². The lowest BCUT2D eigenvalue weighted by atomic mass is 10.5. The third-order valence-electron chi connectivity index (χ3n) is 1.96. The molecule has 2 heterocycles. The minimum absolute atomic E-state index is 0.0856. The first-order chi connectivity index (χ1) is 8.90. The van der Waals surface area contributed by atoms with E-state index in [0.717, 1.165) is 5.51 Å². The van der Waals surface area contributed by atoms with Crippen molar-refractivity contribution in [3.8, 4) is 0 Å². The smallest absolute Gasteiger partial charge is 0.356 e. The lowest BCUT2D eigenvalue weighted by Crippen LogP contribution is -2.24. The van der Waals surface area contributed by atoms with Gasteiger partial charge in [-0.2, -0.15) is 4.98 Å². The van der Waals surface area contributed by atoms with Crippen LogP contribution >= 0.6 is 11.3 Å². The van der Waals surface area contributed by atoms with Crippen molar-refractivity contribution in [1.29, 1.82) is 0 Å². The number of aromatic carboxylic acids is 1. The van der Waals surface area contributed by atoms with Gasteiger partial charge in [0.25, 0.3) is 10.0 Å². The van der Waals surface area contributed by atoms with Crippen LogP contribution in [0.5, 0.6) is 0 Å². The van der Waals surface area contributed by atoms with E-state index in [-0.39, 0.29) is 16.6 Å². The van der Waals surface area contributed by atoms with Crippen molar-refractivity contribution in [2.75, 3.05) is 0 Å². The number of carbonyl (C=O) groups is 1. The van der Waals surface area contributed by atoms with E-state index >= 15 is 0 Å². The molecule has 19 heavy (non-hydrogen) atoms. The summed E-state index contributed by atoms with van der Waals surface area (Å²) in [7, 11) is -3.98. The number of carboxylic acids is 1. The Morgan fingerprint density at radius 1 is 1.58 bits per heavy atom. The Bertz CT molecular complexity index is 704. The largest absolute Gasteiger partial charge is 0.476 e. The van der Waals surface area contributed by atoms with Crippen LogP contribution in [-0.4, -0.2) is 34.6 Å². The number of hydrogen-bond acceptors (Lipinski definition) is 8. The molecular weight excluding hydrogens is 296 g/mol.